The topological polar surface area (TPSA) is 55.8 Å². The van der Waals surface area contributed by atoms with Gasteiger partial charge in [-0.3, -0.25) is 0 Å². The van der Waals surface area contributed by atoms with Crippen LogP contribution in [0.2, 0.25) is 18.1 Å². The van der Waals surface area contributed by atoms with Gasteiger partial charge < -0.3 is 14.3 Å². The lowest BCUT2D eigenvalue weighted by Gasteiger charge is -2.43. The number of carbonyl (C=O) groups is 1. The fraction of sp³-hybridized carbons (Fsp3) is 0.773. The van der Waals surface area contributed by atoms with E-state index in [1.807, 2.05) is 26.8 Å². The average molecular weight is 399 g/mol. The summed E-state index contributed by atoms with van der Waals surface area (Å²) in [4.78, 5) is 12.0. The SMILES string of the molecule is C=C[C@H](C)[C@@H](O)[C@H](C)[C@H](O[Si](C)(C)C(C)(C)C)[C@H](C)/C=C(\C)C(=O)OCC. The molecule has 0 radical (unpaired) electrons. The van der Waals surface area contributed by atoms with Crippen LogP contribution in [-0.2, 0) is 14.0 Å². The molecule has 0 heterocycles. The standard InChI is InChI=1S/C22H42O4Si/c1-12-15(3)19(23)18(6)20(26-27(10,11)22(7,8)9)16(4)14-17(5)21(24)25-13-2/h12,14-16,18-20,23H,1,13H2,2-11H3/b17-14+/t15-,16+,18-,19+,20+/m0/s1. The predicted octanol–water partition coefficient (Wildman–Crippen LogP) is 5.34. The van der Waals surface area contributed by atoms with Crippen LogP contribution in [0.4, 0.5) is 0 Å². The second-order valence-electron chi connectivity index (χ2n) is 9.22. The van der Waals surface area contributed by atoms with Gasteiger partial charge in [0.15, 0.2) is 8.32 Å². The highest BCUT2D eigenvalue weighted by molar-refractivity contribution is 6.74. The first-order valence-corrected chi connectivity index (χ1v) is 12.9. The van der Waals surface area contributed by atoms with Gasteiger partial charge in [0.25, 0.3) is 0 Å². The number of aliphatic hydroxyl groups excluding tert-OH is 1. The van der Waals surface area contributed by atoms with Crippen molar-refractivity contribution in [3.63, 3.8) is 0 Å². The first-order valence-electron chi connectivity index (χ1n) is 10.0. The maximum Gasteiger partial charge on any atom is 0.333 e. The minimum atomic E-state index is -2.06. The van der Waals surface area contributed by atoms with Crippen molar-refractivity contribution in [2.24, 2.45) is 17.8 Å². The Bertz CT molecular complexity index is 519. The van der Waals surface area contributed by atoms with Crippen molar-refractivity contribution >= 4 is 14.3 Å². The minimum Gasteiger partial charge on any atom is -0.463 e. The Balaban J connectivity index is 5.80. The molecule has 0 saturated carbocycles. The van der Waals surface area contributed by atoms with Crippen molar-refractivity contribution in [3.05, 3.63) is 24.3 Å². The van der Waals surface area contributed by atoms with Gasteiger partial charge in [-0.2, -0.15) is 0 Å². The monoisotopic (exact) mass is 398 g/mol. The lowest BCUT2D eigenvalue weighted by molar-refractivity contribution is -0.138. The van der Waals surface area contributed by atoms with Crippen LogP contribution in [0.3, 0.4) is 0 Å². The van der Waals surface area contributed by atoms with E-state index in [2.05, 4.69) is 40.4 Å². The zero-order chi connectivity index (χ0) is 21.6. The molecule has 158 valence electrons. The molecule has 1 N–H and O–H groups in total. The zero-order valence-corrected chi connectivity index (χ0v) is 20.1. The van der Waals surface area contributed by atoms with Gasteiger partial charge in [0.2, 0.25) is 0 Å². The van der Waals surface area contributed by atoms with Gasteiger partial charge in [0, 0.05) is 23.3 Å². The van der Waals surface area contributed by atoms with Gasteiger partial charge in [0.05, 0.1) is 18.8 Å². The van der Waals surface area contributed by atoms with Crippen molar-refractivity contribution in [1.82, 2.24) is 0 Å². The molecule has 0 aromatic rings. The van der Waals surface area contributed by atoms with Crippen molar-refractivity contribution in [2.75, 3.05) is 6.61 Å². The smallest absolute Gasteiger partial charge is 0.333 e. The molecule has 0 bridgehead atoms. The van der Waals surface area contributed by atoms with Crippen LogP contribution >= 0.6 is 0 Å². The molecule has 5 atom stereocenters. The first-order chi connectivity index (χ1) is 12.2. The molecule has 0 spiro atoms. The van der Waals surface area contributed by atoms with Crippen molar-refractivity contribution in [1.29, 1.82) is 0 Å². The molecule has 0 unspecified atom stereocenters. The van der Waals surface area contributed by atoms with Gasteiger partial charge in [-0.1, -0.05) is 53.7 Å². The summed E-state index contributed by atoms with van der Waals surface area (Å²) in [6.45, 7) is 24.8. The van der Waals surface area contributed by atoms with Gasteiger partial charge in [-0.15, -0.1) is 6.58 Å². The molecule has 5 heteroatoms. The third-order valence-electron chi connectivity index (χ3n) is 5.83. The van der Waals surface area contributed by atoms with Crippen LogP contribution in [-0.4, -0.2) is 38.2 Å². The number of rotatable bonds is 10. The van der Waals surface area contributed by atoms with E-state index in [-0.39, 0.29) is 34.9 Å². The Morgan fingerprint density at radius 3 is 2.11 bits per heavy atom. The molecule has 0 aliphatic carbocycles. The lowest BCUT2D eigenvalue weighted by atomic mass is 9.83. The zero-order valence-electron chi connectivity index (χ0n) is 19.1. The number of hydrogen-bond donors (Lipinski definition) is 1. The Hall–Kier alpha value is -0.913. The average Bonchev–Trinajstić information content (AvgIpc) is 2.56. The van der Waals surface area contributed by atoms with E-state index in [4.69, 9.17) is 9.16 Å². The molecular weight excluding hydrogens is 356 g/mol. The summed E-state index contributed by atoms with van der Waals surface area (Å²) in [6, 6.07) is 0. The van der Waals surface area contributed by atoms with E-state index >= 15 is 0 Å². The molecule has 0 fully saturated rings. The van der Waals surface area contributed by atoms with E-state index in [0.29, 0.717) is 12.2 Å². The summed E-state index contributed by atoms with van der Waals surface area (Å²) in [7, 11) is -2.06. The highest BCUT2D eigenvalue weighted by Crippen LogP contribution is 2.40. The first kappa shape index (κ1) is 26.1. The maximum absolute atomic E-state index is 12.0. The van der Waals surface area contributed by atoms with Gasteiger partial charge in [-0.05, 0) is 32.0 Å². The second kappa shape index (κ2) is 10.6. The molecular formula is C22H42O4Si. The molecule has 27 heavy (non-hydrogen) atoms. The minimum absolute atomic E-state index is 0.0344. The number of ether oxygens (including phenoxy) is 1. The highest BCUT2D eigenvalue weighted by atomic mass is 28.4. The quantitative estimate of drug-likeness (QED) is 0.233. The summed E-state index contributed by atoms with van der Waals surface area (Å²) in [5, 5.41) is 10.8. The lowest BCUT2D eigenvalue weighted by Crippen LogP contribution is -2.49. The molecule has 0 aliphatic rings. The van der Waals surface area contributed by atoms with Crippen LogP contribution in [0.25, 0.3) is 0 Å². The summed E-state index contributed by atoms with van der Waals surface area (Å²) in [6.07, 6.45) is 2.93. The molecule has 0 amide bonds. The Morgan fingerprint density at radius 2 is 1.70 bits per heavy atom. The van der Waals surface area contributed by atoms with Crippen molar-refractivity contribution in [3.8, 4) is 0 Å². The maximum atomic E-state index is 12.0. The number of hydrogen-bond acceptors (Lipinski definition) is 4. The normalized spacial score (nSPS) is 19.0. The van der Waals surface area contributed by atoms with Crippen molar-refractivity contribution in [2.45, 2.75) is 85.7 Å². The van der Waals surface area contributed by atoms with Gasteiger partial charge >= 0.3 is 5.97 Å². The van der Waals surface area contributed by atoms with Crippen LogP contribution in [0.1, 0.15) is 55.4 Å². The van der Waals surface area contributed by atoms with E-state index in [9.17, 15) is 9.90 Å². The van der Waals surface area contributed by atoms with Crippen LogP contribution in [0.5, 0.6) is 0 Å². The Labute approximate surface area is 168 Å². The van der Waals surface area contributed by atoms with Crippen LogP contribution < -0.4 is 0 Å². The number of aliphatic hydroxyl groups is 1. The molecule has 4 nitrogen and oxygen atoms in total. The predicted molar refractivity (Wildman–Crippen MR) is 116 cm³/mol. The summed E-state index contributed by atoms with van der Waals surface area (Å²) >= 11 is 0. The third kappa shape index (κ3) is 7.55. The van der Waals surface area contributed by atoms with Gasteiger partial charge in [0.1, 0.15) is 0 Å². The van der Waals surface area contributed by atoms with E-state index in [1.165, 1.54) is 0 Å². The fourth-order valence-electron chi connectivity index (χ4n) is 2.83. The van der Waals surface area contributed by atoms with E-state index < -0.39 is 14.4 Å². The van der Waals surface area contributed by atoms with Crippen molar-refractivity contribution < 1.29 is 19.1 Å². The fourth-order valence-corrected chi connectivity index (χ4v) is 4.29. The Morgan fingerprint density at radius 1 is 1.19 bits per heavy atom. The van der Waals surface area contributed by atoms with Gasteiger partial charge in [-0.25, -0.2) is 4.79 Å². The van der Waals surface area contributed by atoms with E-state index in [1.54, 1.807) is 19.9 Å². The molecule has 0 aliphatic heterocycles. The molecule has 0 rings (SSSR count). The summed E-state index contributed by atoms with van der Waals surface area (Å²) in [5.41, 5.74) is 0.576. The van der Waals surface area contributed by atoms with Crippen LogP contribution in [0, 0.1) is 17.8 Å². The summed E-state index contributed by atoms with van der Waals surface area (Å²) < 4.78 is 11.8. The number of esters is 1. The summed E-state index contributed by atoms with van der Waals surface area (Å²) in [5.74, 6) is -0.477. The number of carbonyl (C=O) groups excluding carboxylic acids is 1. The molecule has 0 aromatic carbocycles. The highest BCUT2D eigenvalue weighted by Gasteiger charge is 2.42. The largest absolute Gasteiger partial charge is 0.463 e. The molecule has 0 aromatic heterocycles. The van der Waals surface area contributed by atoms with Crippen LogP contribution in [0.15, 0.2) is 24.3 Å². The van der Waals surface area contributed by atoms with E-state index in [0.717, 1.165) is 0 Å². The second-order valence-corrected chi connectivity index (χ2v) is 14.0. The third-order valence-corrected chi connectivity index (χ3v) is 10.3. The Kier molecular flexibility index (Phi) is 10.2. The molecule has 0 saturated heterocycles.